The van der Waals surface area contributed by atoms with Gasteiger partial charge in [-0.25, -0.2) is 0 Å². The van der Waals surface area contributed by atoms with Gasteiger partial charge in [0.15, 0.2) is 0 Å². The van der Waals surface area contributed by atoms with Gasteiger partial charge in [-0.3, -0.25) is 4.79 Å². The van der Waals surface area contributed by atoms with Gasteiger partial charge < -0.3 is 16.4 Å². The lowest BCUT2D eigenvalue weighted by atomic mass is 9.84. The highest BCUT2D eigenvalue weighted by molar-refractivity contribution is 5.76. The molecule has 0 saturated carbocycles. The number of nitrogens with one attached hydrogen (secondary N) is 2. The number of carbonyl (C=O) groups excluding carboxylic acids is 1. The molecule has 1 fully saturated rings. The van der Waals surface area contributed by atoms with E-state index in [1.54, 1.807) is 0 Å². The minimum atomic E-state index is 0.160. The predicted octanol–water partition coefficient (Wildman–Crippen LogP) is 1.65. The van der Waals surface area contributed by atoms with E-state index < -0.39 is 0 Å². The number of piperidine rings is 1. The van der Waals surface area contributed by atoms with Crippen LogP contribution in [-0.2, 0) is 4.79 Å². The molecule has 1 aliphatic heterocycles. The molecule has 1 heterocycles. The Hall–Kier alpha value is -0.610. The first-order valence-corrected chi connectivity index (χ1v) is 7.87. The minimum absolute atomic E-state index is 0.160. The van der Waals surface area contributed by atoms with Crippen LogP contribution in [-0.4, -0.2) is 31.6 Å². The third-order valence-electron chi connectivity index (χ3n) is 4.25. The largest absolute Gasteiger partial charge is 0.352 e. The molecule has 4 nitrogen and oxygen atoms in total. The summed E-state index contributed by atoms with van der Waals surface area (Å²) in [7, 11) is 0. The van der Waals surface area contributed by atoms with Gasteiger partial charge in [-0.2, -0.15) is 0 Å². The Morgan fingerprint density at radius 1 is 1.42 bits per heavy atom. The van der Waals surface area contributed by atoms with Crippen molar-refractivity contribution in [3.8, 4) is 0 Å². The van der Waals surface area contributed by atoms with Crippen molar-refractivity contribution in [3.63, 3.8) is 0 Å². The van der Waals surface area contributed by atoms with E-state index in [1.165, 1.54) is 12.8 Å². The van der Waals surface area contributed by atoms with Crippen LogP contribution in [0.25, 0.3) is 0 Å². The average Bonchev–Trinajstić information content (AvgIpc) is 2.44. The zero-order valence-electron chi connectivity index (χ0n) is 12.6. The Labute approximate surface area is 117 Å². The van der Waals surface area contributed by atoms with Crippen LogP contribution in [0.2, 0.25) is 0 Å². The van der Waals surface area contributed by atoms with Crippen LogP contribution in [0.1, 0.15) is 52.4 Å². The zero-order chi connectivity index (χ0) is 14.1. The molecule has 0 aromatic heterocycles. The lowest BCUT2D eigenvalue weighted by Gasteiger charge is -2.28. The summed E-state index contributed by atoms with van der Waals surface area (Å²) in [4.78, 5) is 12.0. The van der Waals surface area contributed by atoms with Gasteiger partial charge in [-0.15, -0.1) is 0 Å². The van der Waals surface area contributed by atoms with Crippen LogP contribution in [0.5, 0.6) is 0 Å². The van der Waals surface area contributed by atoms with E-state index in [4.69, 9.17) is 5.73 Å². The first kappa shape index (κ1) is 16.4. The van der Waals surface area contributed by atoms with Crippen molar-refractivity contribution >= 4 is 5.91 Å². The Morgan fingerprint density at radius 3 is 2.68 bits per heavy atom. The molecule has 19 heavy (non-hydrogen) atoms. The number of rotatable bonds is 8. The molecule has 112 valence electrons. The molecule has 1 rings (SSSR count). The maximum absolute atomic E-state index is 12.0. The van der Waals surface area contributed by atoms with E-state index in [0.717, 1.165) is 32.4 Å². The van der Waals surface area contributed by atoms with Gasteiger partial charge in [0.1, 0.15) is 0 Å². The normalized spacial score (nSPS) is 19.9. The second kappa shape index (κ2) is 9.32. The van der Waals surface area contributed by atoms with E-state index in [1.807, 2.05) is 0 Å². The summed E-state index contributed by atoms with van der Waals surface area (Å²) in [5, 5.41) is 6.46. The molecule has 4 heteroatoms. The number of hydrogen-bond donors (Lipinski definition) is 3. The minimum Gasteiger partial charge on any atom is -0.352 e. The maximum Gasteiger partial charge on any atom is 0.220 e. The highest BCUT2D eigenvalue weighted by Gasteiger charge is 2.22. The second-order valence-corrected chi connectivity index (χ2v) is 5.91. The van der Waals surface area contributed by atoms with E-state index >= 15 is 0 Å². The number of carbonyl (C=O) groups is 1. The maximum atomic E-state index is 12.0. The van der Waals surface area contributed by atoms with E-state index in [9.17, 15) is 4.79 Å². The molecule has 1 amide bonds. The van der Waals surface area contributed by atoms with Gasteiger partial charge >= 0.3 is 0 Å². The molecule has 4 N–H and O–H groups in total. The van der Waals surface area contributed by atoms with Crippen LogP contribution >= 0.6 is 0 Å². The molecular formula is C15H31N3O. The van der Waals surface area contributed by atoms with Gasteiger partial charge in [0, 0.05) is 19.0 Å². The van der Waals surface area contributed by atoms with Gasteiger partial charge in [0.25, 0.3) is 0 Å². The summed E-state index contributed by atoms with van der Waals surface area (Å²) in [6.45, 7) is 7.11. The van der Waals surface area contributed by atoms with E-state index in [-0.39, 0.29) is 11.9 Å². The third-order valence-corrected chi connectivity index (χ3v) is 4.25. The SMILES string of the molecule is CCCCC(CN)NC(=O)CC(C)C1CCNCC1. The fourth-order valence-corrected chi connectivity index (χ4v) is 2.86. The van der Waals surface area contributed by atoms with Gasteiger partial charge in [-0.1, -0.05) is 26.7 Å². The van der Waals surface area contributed by atoms with Crippen LogP contribution in [0.15, 0.2) is 0 Å². The van der Waals surface area contributed by atoms with Gasteiger partial charge in [-0.05, 0) is 44.2 Å². The number of amides is 1. The lowest BCUT2D eigenvalue weighted by molar-refractivity contribution is -0.123. The zero-order valence-corrected chi connectivity index (χ0v) is 12.6. The predicted molar refractivity (Wildman–Crippen MR) is 79.9 cm³/mol. The van der Waals surface area contributed by atoms with Crippen molar-refractivity contribution in [2.24, 2.45) is 17.6 Å². The molecule has 2 unspecified atom stereocenters. The smallest absolute Gasteiger partial charge is 0.220 e. The average molecular weight is 269 g/mol. The molecule has 0 aliphatic carbocycles. The van der Waals surface area contributed by atoms with Crippen molar-refractivity contribution in [2.75, 3.05) is 19.6 Å². The van der Waals surface area contributed by atoms with Crippen molar-refractivity contribution in [1.29, 1.82) is 0 Å². The fourth-order valence-electron chi connectivity index (χ4n) is 2.86. The summed E-state index contributed by atoms with van der Waals surface area (Å²) in [6.07, 6.45) is 6.33. The third kappa shape index (κ3) is 6.39. The topological polar surface area (TPSA) is 67.1 Å². The number of hydrogen-bond acceptors (Lipinski definition) is 3. The van der Waals surface area contributed by atoms with E-state index in [2.05, 4.69) is 24.5 Å². The van der Waals surface area contributed by atoms with Crippen molar-refractivity contribution in [2.45, 2.75) is 58.4 Å². The van der Waals surface area contributed by atoms with Crippen LogP contribution < -0.4 is 16.4 Å². The summed E-state index contributed by atoms with van der Waals surface area (Å²) < 4.78 is 0. The molecule has 0 aromatic rings. The van der Waals surface area contributed by atoms with Gasteiger partial charge in [0.2, 0.25) is 5.91 Å². The standard InChI is InChI=1S/C15H31N3O/c1-3-4-5-14(11-16)18-15(19)10-12(2)13-6-8-17-9-7-13/h12-14,17H,3-11,16H2,1-2H3,(H,18,19). The molecule has 1 aliphatic rings. The van der Waals surface area contributed by atoms with Crippen molar-refractivity contribution < 1.29 is 4.79 Å². The Bertz CT molecular complexity index is 252. The van der Waals surface area contributed by atoms with Crippen LogP contribution in [0.3, 0.4) is 0 Å². The summed E-state index contributed by atoms with van der Waals surface area (Å²) >= 11 is 0. The molecule has 0 bridgehead atoms. The highest BCUT2D eigenvalue weighted by atomic mass is 16.1. The molecule has 0 radical (unpaired) electrons. The first-order valence-electron chi connectivity index (χ1n) is 7.87. The molecule has 1 saturated heterocycles. The lowest BCUT2D eigenvalue weighted by Crippen LogP contribution is -2.41. The summed E-state index contributed by atoms with van der Waals surface area (Å²) in [5.74, 6) is 1.35. The second-order valence-electron chi connectivity index (χ2n) is 5.91. The summed E-state index contributed by atoms with van der Waals surface area (Å²) in [6, 6.07) is 0.160. The quantitative estimate of drug-likeness (QED) is 0.627. The molecule has 0 spiro atoms. The summed E-state index contributed by atoms with van der Waals surface area (Å²) in [5.41, 5.74) is 5.71. The highest BCUT2D eigenvalue weighted by Crippen LogP contribution is 2.24. The van der Waals surface area contributed by atoms with Crippen molar-refractivity contribution in [1.82, 2.24) is 10.6 Å². The Balaban J connectivity index is 2.27. The van der Waals surface area contributed by atoms with Crippen LogP contribution in [0, 0.1) is 11.8 Å². The van der Waals surface area contributed by atoms with Crippen LogP contribution in [0.4, 0.5) is 0 Å². The Morgan fingerprint density at radius 2 is 2.11 bits per heavy atom. The van der Waals surface area contributed by atoms with E-state index in [0.29, 0.717) is 24.8 Å². The molecule has 2 atom stereocenters. The monoisotopic (exact) mass is 269 g/mol. The van der Waals surface area contributed by atoms with Crippen molar-refractivity contribution in [3.05, 3.63) is 0 Å². The number of unbranched alkanes of at least 4 members (excludes halogenated alkanes) is 1. The Kier molecular flexibility index (Phi) is 8.07. The fraction of sp³-hybridized carbons (Fsp3) is 0.933. The van der Waals surface area contributed by atoms with Gasteiger partial charge in [0.05, 0.1) is 0 Å². The molecular weight excluding hydrogens is 238 g/mol. The number of nitrogens with two attached hydrogens (primary N) is 1. The first-order chi connectivity index (χ1) is 9.17. The molecule has 0 aromatic carbocycles.